The topological polar surface area (TPSA) is 43.4 Å². The van der Waals surface area contributed by atoms with E-state index in [0.29, 0.717) is 10.6 Å². The zero-order valence-corrected chi connectivity index (χ0v) is 11.8. The third-order valence-electron chi connectivity index (χ3n) is 2.52. The molecule has 2 aromatic rings. The Kier molecular flexibility index (Phi) is 4.15. The van der Waals surface area contributed by atoms with Crippen molar-refractivity contribution in [1.82, 2.24) is 0 Å². The van der Waals surface area contributed by atoms with Gasteiger partial charge in [-0.2, -0.15) is 21.6 Å². The minimum atomic E-state index is -5.65. The maximum atomic E-state index is 12.2. The second-order valence-electron chi connectivity index (χ2n) is 4.01. The van der Waals surface area contributed by atoms with Crippen LogP contribution in [-0.2, 0) is 10.1 Å². The van der Waals surface area contributed by atoms with Gasteiger partial charge in [0.1, 0.15) is 5.75 Å². The Balaban J connectivity index is 2.22. The predicted octanol–water partition coefficient (Wildman–Crippen LogP) is 4.24. The van der Waals surface area contributed by atoms with Crippen LogP contribution in [0.1, 0.15) is 0 Å². The molecule has 0 aliphatic rings. The van der Waals surface area contributed by atoms with Gasteiger partial charge in [0.05, 0.1) is 0 Å². The van der Waals surface area contributed by atoms with Crippen molar-refractivity contribution in [2.75, 3.05) is 0 Å². The second kappa shape index (κ2) is 5.57. The smallest absolute Gasteiger partial charge is 0.376 e. The molecule has 0 unspecified atom stereocenters. The SMILES string of the molecule is O=S(=O)(Oc1ccc(-c2ccc(Cl)cc2)cc1)C(F)(F)F. The Morgan fingerprint density at radius 2 is 1.29 bits per heavy atom. The molecule has 8 heteroatoms. The summed E-state index contributed by atoms with van der Waals surface area (Å²) in [5.74, 6) is -0.412. The summed E-state index contributed by atoms with van der Waals surface area (Å²) in [5, 5.41) is 0.551. The van der Waals surface area contributed by atoms with Gasteiger partial charge in [0, 0.05) is 5.02 Å². The quantitative estimate of drug-likeness (QED) is 0.622. The fourth-order valence-corrected chi connectivity index (χ4v) is 2.10. The third-order valence-corrected chi connectivity index (χ3v) is 3.75. The van der Waals surface area contributed by atoms with E-state index < -0.39 is 21.4 Å². The standard InChI is InChI=1S/C13H8ClF3O3S/c14-11-5-1-9(2-6-11)10-3-7-12(8-4-10)20-21(18,19)13(15,16)17/h1-8H. The van der Waals surface area contributed by atoms with E-state index in [1.54, 1.807) is 24.3 Å². The summed E-state index contributed by atoms with van der Waals surface area (Å²) in [7, 11) is -5.65. The van der Waals surface area contributed by atoms with Crippen LogP contribution >= 0.6 is 11.6 Å². The predicted molar refractivity (Wildman–Crippen MR) is 72.5 cm³/mol. The highest BCUT2D eigenvalue weighted by atomic mass is 35.5. The largest absolute Gasteiger partial charge is 0.534 e. The van der Waals surface area contributed by atoms with E-state index >= 15 is 0 Å². The molecule has 0 aliphatic carbocycles. The van der Waals surface area contributed by atoms with Crippen molar-refractivity contribution < 1.29 is 25.8 Å². The van der Waals surface area contributed by atoms with Crippen LogP contribution in [0.15, 0.2) is 48.5 Å². The lowest BCUT2D eigenvalue weighted by Gasteiger charge is -2.09. The highest BCUT2D eigenvalue weighted by molar-refractivity contribution is 7.88. The van der Waals surface area contributed by atoms with E-state index in [2.05, 4.69) is 4.18 Å². The number of hydrogen-bond acceptors (Lipinski definition) is 3. The first-order valence-electron chi connectivity index (χ1n) is 5.56. The zero-order valence-electron chi connectivity index (χ0n) is 10.3. The van der Waals surface area contributed by atoms with Gasteiger partial charge in [-0.25, -0.2) is 0 Å². The Morgan fingerprint density at radius 1 is 0.857 bits per heavy atom. The van der Waals surface area contributed by atoms with Gasteiger partial charge in [-0.3, -0.25) is 0 Å². The molecular formula is C13H8ClF3O3S. The molecule has 2 aromatic carbocycles. The van der Waals surface area contributed by atoms with Crippen LogP contribution in [0.25, 0.3) is 11.1 Å². The van der Waals surface area contributed by atoms with Gasteiger partial charge in [-0.1, -0.05) is 35.9 Å². The minimum absolute atomic E-state index is 0.412. The van der Waals surface area contributed by atoms with Gasteiger partial charge in [0.15, 0.2) is 0 Å². The van der Waals surface area contributed by atoms with Crippen molar-refractivity contribution >= 4 is 21.7 Å². The summed E-state index contributed by atoms with van der Waals surface area (Å²) in [6.45, 7) is 0. The van der Waals surface area contributed by atoms with Crippen LogP contribution < -0.4 is 4.18 Å². The summed E-state index contributed by atoms with van der Waals surface area (Å²) < 4.78 is 62.2. The molecule has 3 nitrogen and oxygen atoms in total. The van der Waals surface area contributed by atoms with Crippen molar-refractivity contribution in [3.8, 4) is 16.9 Å². The lowest BCUT2D eigenvalue weighted by Crippen LogP contribution is -2.28. The summed E-state index contributed by atoms with van der Waals surface area (Å²) in [6.07, 6.45) is 0. The van der Waals surface area contributed by atoms with E-state index in [4.69, 9.17) is 11.6 Å². The van der Waals surface area contributed by atoms with Crippen LogP contribution in [0.4, 0.5) is 13.2 Å². The number of rotatable bonds is 3. The minimum Gasteiger partial charge on any atom is -0.376 e. The van der Waals surface area contributed by atoms with E-state index in [1.165, 1.54) is 12.1 Å². The van der Waals surface area contributed by atoms with Crippen molar-refractivity contribution in [2.45, 2.75) is 5.51 Å². The molecule has 0 spiro atoms. The van der Waals surface area contributed by atoms with E-state index in [-0.39, 0.29) is 0 Å². The molecule has 0 heterocycles. The van der Waals surface area contributed by atoms with Gasteiger partial charge < -0.3 is 4.18 Å². The lowest BCUT2D eigenvalue weighted by atomic mass is 10.1. The number of halogens is 4. The van der Waals surface area contributed by atoms with Crippen molar-refractivity contribution in [3.05, 3.63) is 53.6 Å². The number of hydrogen-bond donors (Lipinski definition) is 0. The monoisotopic (exact) mass is 336 g/mol. The maximum Gasteiger partial charge on any atom is 0.534 e. The number of benzene rings is 2. The molecule has 0 fully saturated rings. The normalized spacial score (nSPS) is 12.2. The summed E-state index contributed by atoms with van der Waals surface area (Å²) in [4.78, 5) is 0. The van der Waals surface area contributed by atoms with Gasteiger partial charge in [-0.05, 0) is 35.4 Å². The second-order valence-corrected chi connectivity index (χ2v) is 5.99. The molecular weight excluding hydrogens is 329 g/mol. The van der Waals surface area contributed by atoms with Gasteiger partial charge in [0.2, 0.25) is 0 Å². The van der Waals surface area contributed by atoms with Crippen LogP contribution in [0.3, 0.4) is 0 Å². The summed E-state index contributed by atoms with van der Waals surface area (Å²) in [6, 6.07) is 12.0. The molecule has 0 bridgehead atoms. The molecule has 21 heavy (non-hydrogen) atoms. The summed E-state index contributed by atoms with van der Waals surface area (Å²) >= 11 is 5.75. The van der Waals surface area contributed by atoms with Gasteiger partial charge in [0.25, 0.3) is 0 Å². The molecule has 0 aliphatic heterocycles. The van der Waals surface area contributed by atoms with E-state index in [9.17, 15) is 21.6 Å². The Labute approximate surface area is 124 Å². The van der Waals surface area contributed by atoms with Crippen LogP contribution in [0, 0.1) is 0 Å². The van der Waals surface area contributed by atoms with Crippen LogP contribution in [0.2, 0.25) is 5.02 Å². The lowest BCUT2D eigenvalue weighted by molar-refractivity contribution is -0.0500. The first-order valence-corrected chi connectivity index (χ1v) is 7.34. The van der Waals surface area contributed by atoms with Crippen molar-refractivity contribution in [2.24, 2.45) is 0 Å². The van der Waals surface area contributed by atoms with Gasteiger partial charge >= 0.3 is 15.6 Å². The molecule has 0 radical (unpaired) electrons. The average Bonchev–Trinajstić information content (AvgIpc) is 2.39. The Bertz CT molecular complexity index is 723. The molecule has 2 rings (SSSR count). The highest BCUT2D eigenvalue weighted by Gasteiger charge is 2.48. The molecule has 0 amide bonds. The van der Waals surface area contributed by atoms with E-state index in [1.807, 2.05) is 0 Å². The van der Waals surface area contributed by atoms with Gasteiger partial charge in [-0.15, -0.1) is 0 Å². The maximum absolute atomic E-state index is 12.2. The third kappa shape index (κ3) is 3.68. The molecule has 0 atom stereocenters. The van der Waals surface area contributed by atoms with E-state index in [0.717, 1.165) is 17.7 Å². The fourth-order valence-electron chi connectivity index (χ4n) is 1.52. The fraction of sp³-hybridized carbons (Fsp3) is 0.0769. The molecule has 0 aromatic heterocycles. The average molecular weight is 337 g/mol. The highest BCUT2D eigenvalue weighted by Crippen LogP contribution is 2.29. The zero-order chi connectivity index (χ0) is 15.7. The van der Waals surface area contributed by atoms with Crippen LogP contribution in [0.5, 0.6) is 5.75 Å². The van der Waals surface area contributed by atoms with Crippen molar-refractivity contribution in [1.29, 1.82) is 0 Å². The Hall–Kier alpha value is -1.73. The first-order chi connectivity index (χ1) is 9.69. The number of alkyl halides is 3. The molecule has 0 N–H and O–H groups in total. The molecule has 112 valence electrons. The van der Waals surface area contributed by atoms with Crippen LogP contribution in [-0.4, -0.2) is 13.9 Å². The first kappa shape index (κ1) is 15.7. The van der Waals surface area contributed by atoms with Crippen molar-refractivity contribution in [3.63, 3.8) is 0 Å². The Morgan fingerprint density at radius 3 is 1.71 bits per heavy atom. The molecule has 0 saturated carbocycles. The summed E-state index contributed by atoms with van der Waals surface area (Å²) in [5.41, 5.74) is -3.99. The molecule has 0 saturated heterocycles.